The van der Waals surface area contributed by atoms with Gasteiger partial charge in [0, 0.05) is 19.4 Å². The first-order chi connectivity index (χ1) is 10.9. The Morgan fingerprint density at radius 3 is 2.78 bits per heavy atom. The number of H-pyrrole nitrogens is 1. The molecule has 0 amide bonds. The van der Waals surface area contributed by atoms with E-state index in [-0.39, 0.29) is 0 Å². The number of halogens is 1. The van der Waals surface area contributed by atoms with Gasteiger partial charge in [-0.3, -0.25) is 14.3 Å². The number of nitrogens with zero attached hydrogens (tertiary/aromatic N) is 1. The Hall–Kier alpha value is -1.59. The van der Waals surface area contributed by atoms with E-state index in [4.69, 9.17) is 18.9 Å². The molecule has 5 atom stereocenters. The third kappa shape index (κ3) is 2.25. The Morgan fingerprint density at radius 2 is 2.22 bits per heavy atom. The maximum atomic E-state index is 13.6. The van der Waals surface area contributed by atoms with Crippen molar-refractivity contribution in [1.29, 1.82) is 0 Å². The number of rotatable bonds is 4. The highest BCUT2D eigenvalue weighted by Gasteiger charge is 2.69. The van der Waals surface area contributed by atoms with Crippen LogP contribution >= 0.6 is 0 Å². The van der Waals surface area contributed by atoms with Gasteiger partial charge in [-0.1, -0.05) is 0 Å². The molecule has 1 aromatic rings. The summed E-state index contributed by atoms with van der Waals surface area (Å²) in [5.74, 6) is 0. The molecule has 0 saturated carbocycles. The van der Waals surface area contributed by atoms with Crippen molar-refractivity contribution in [2.24, 2.45) is 0 Å². The molecule has 2 fully saturated rings. The standard InChI is InChI=1S/C13H17FN2O7/c1-12-8(21-11(20-2)23-12)13(5-14,6-17)22-9(12)16-4-3-7(18)15-10(16)19/h3-4,8-9,11,17H,5-6H2,1-2H3,(H,15,18,19)/t8-,9+,11?,12+,13+/m0/s1. The molecule has 10 heteroatoms. The summed E-state index contributed by atoms with van der Waals surface area (Å²) in [6.45, 7) is -1.27. The number of aromatic amines is 1. The molecule has 3 heterocycles. The number of alkyl halides is 1. The lowest BCUT2D eigenvalue weighted by molar-refractivity contribution is -0.283. The lowest BCUT2D eigenvalue weighted by Gasteiger charge is -2.28. The Kier molecular flexibility index (Phi) is 3.89. The number of fused-ring (bicyclic) bond motifs is 1. The zero-order valence-electron chi connectivity index (χ0n) is 12.5. The fourth-order valence-electron chi connectivity index (χ4n) is 3.09. The first-order valence-corrected chi connectivity index (χ1v) is 6.92. The van der Waals surface area contributed by atoms with Crippen LogP contribution in [0.2, 0.25) is 0 Å². The number of methoxy groups -OCH3 is 1. The first kappa shape index (κ1) is 16.3. The van der Waals surface area contributed by atoms with E-state index in [9.17, 15) is 19.1 Å². The maximum Gasteiger partial charge on any atom is 0.330 e. The molecule has 1 aromatic heterocycles. The van der Waals surface area contributed by atoms with Crippen molar-refractivity contribution in [2.75, 3.05) is 20.4 Å². The second kappa shape index (κ2) is 5.49. The van der Waals surface area contributed by atoms with E-state index in [1.54, 1.807) is 6.92 Å². The van der Waals surface area contributed by atoms with Crippen LogP contribution in [-0.2, 0) is 18.9 Å². The van der Waals surface area contributed by atoms with Crippen LogP contribution in [0, 0.1) is 0 Å². The summed E-state index contributed by atoms with van der Waals surface area (Å²) >= 11 is 0. The number of nitrogens with one attached hydrogen (secondary N) is 1. The number of hydrogen-bond acceptors (Lipinski definition) is 7. The molecule has 1 unspecified atom stereocenters. The average Bonchev–Trinajstić information content (AvgIpc) is 2.99. The predicted molar refractivity (Wildman–Crippen MR) is 72.4 cm³/mol. The van der Waals surface area contributed by atoms with Crippen molar-refractivity contribution < 1.29 is 28.4 Å². The summed E-state index contributed by atoms with van der Waals surface area (Å²) in [7, 11) is 1.34. The van der Waals surface area contributed by atoms with Crippen molar-refractivity contribution in [1.82, 2.24) is 9.55 Å². The number of aliphatic hydroxyl groups is 1. The summed E-state index contributed by atoms with van der Waals surface area (Å²) < 4.78 is 36.4. The highest BCUT2D eigenvalue weighted by atomic mass is 19.1. The van der Waals surface area contributed by atoms with Crippen LogP contribution < -0.4 is 11.2 Å². The zero-order chi connectivity index (χ0) is 16.8. The summed E-state index contributed by atoms with van der Waals surface area (Å²) in [6, 6.07) is 1.13. The molecular formula is C13H17FN2O7. The Bertz CT molecular complexity index is 700. The van der Waals surface area contributed by atoms with Crippen molar-refractivity contribution in [3.8, 4) is 0 Å². The number of hydrogen-bond donors (Lipinski definition) is 2. The van der Waals surface area contributed by atoms with E-state index in [2.05, 4.69) is 4.98 Å². The van der Waals surface area contributed by atoms with Crippen LogP contribution in [0.25, 0.3) is 0 Å². The normalized spacial score (nSPS) is 39.6. The van der Waals surface area contributed by atoms with Crippen molar-refractivity contribution >= 4 is 0 Å². The van der Waals surface area contributed by atoms with Crippen LogP contribution in [0.15, 0.2) is 21.9 Å². The minimum Gasteiger partial charge on any atom is -0.393 e. The van der Waals surface area contributed by atoms with Gasteiger partial charge in [0.05, 0.1) is 6.61 Å². The fraction of sp³-hybridized carbons (Fsp3) is 0.692. The van der Waals surface area contributed by atoms with Crippen LogP contribution in [0.5, 0.6) is 0 Å². The van der Waals surface area contributed by atoms with E-state index in [0.717, 1.165) is 10.6 Å². The van der Waals surface area contributed by atoms with Crippen LogP contribution in [0.1, 0.15) is 13.2 Å². The minimum absolute atomic E-state index is 0.580. The molecule has 9 nitrogen and oxygen atoms in total. The van der Waals surface area contributed by atoms with Crippen LogP contribution in [-0.4, -0.2) is 58.8 Å². The molecule has 0 aliphatic carbocycles. The Balaban J connectivity index is 2.10. The van der Waals surface area contributed by atoms with Crippen molar-refractivity contribution in [3.63, 3.8) is 0 Å². The minimum atomic E-state index is -1.71. The first-order valence-electron chi connectivity index (χ1n) is 6.92. The molecule has 2 aliphatic heterocycles. The second-order valence-electron chi connectivity index (χ2n) is 5.69. The molecule has 128 valence electrons. The van der Waals surface area contributed by atoms with Gasteiger partial charge in [-0.2, -0.15) is 0 Å². The van der Waals surface area contributed by atoms with Gasteiger partial charge in [0.2, 0.25) is 0 Å². The van der Waals surface area contributed by atoms with E-state index < -0.39 is 54.5 Å². The van der Waals surface area contributed by atoms with Gasteiger partial charge in [0.25, 0.3) is 12.0 Å². The van der Waals surface area contributed by atoms with E-state index in [0.29, 0.717) is 0 Å². The van der Waals surface area contributed by atoms with E-state index in [1.165, 1.54) is 13.3 Å². The third-order valence-corrected chi connectivity index (χ3v) is 4.22. The molecule has 0 radical (unpaired) electrons. The Morgan fingerprint density at radius 1 is 1.48 bits per heavy atom. The lowest BCUT2D eigenvalue weighted by Crippen LogP contribution is -2.51. The largest absolute Gasteiger partial charge is 0.393 e. The molecule has 23 heavy (non-hydrogen) atoms. The molecule has 0 spiro atoms. The zero-order valence-corrected chi connectivity index (χ0v) is 12.5. The van der Waals surface area contributed by atoms with Crippen molar-refractivity contribution in [3.05, 3.63) is 33.1 Å². The average molecular weight is 332 g/mol. The van der Waals surface area contributed by atoms with Crippen LogP contribution in [0.3, 0.4) is 0 Å². The Labute approximate surface area is 129 Å². The summed E-state index contributed by atoms with van der Waals surface area (Å²) in [6.07, 6.45) is -0.928. The molecular weight excluding hydrogens is 315 g/mol. The monoisotopic (exact) mass is 332 g/mol. The van der Waals surface area contributed by atoms with Gasteiger partial charge >= 0.3 is 5.69 Å². The smallest absolute Gasteiger partial charge is 0.330 e. The molecule has 2 saturated heterocycles. The van der Waals surface area contributed by atoms with E-state index in [1.807, 2.05) is 0 Å². The van der Waals surface area contributed by atoms with Gasteiger partial charge in [-0.25, -0.2) is 9.18 Å². The van der Waals surface area contributed by atoms with Gasteiger partial charge in [0.1, 0.15) is 18.4 Å². The number of aliphatic hydroxyl groups excluding tert-OH is 1. The molecule has 2 aliphatic rings. The van der Waals surface area contributed by atoms with Gasteiger partial charge in [-0.05, 0) is 6.92 Å². The second-order valence-corrected chi connectivity index (χ2v) is 5.69. The molecule has 0 bridgehead atoms. The summed E-state index contributed by atoms with van der Waals surface area (Å²) in [5, 5.41) is 9.63. The fourth-order valence-corrected chi connectivity index (χ4v) is 3.09. The summed E-state index contributed by atoms with van der Waals surface area (Å²) in [5.41, 5.74) is -4.34. The van der Waals surface area contributed by atoms with Gasteiger partial charge in [-0.15, -0.1) is 0 Å². The van der Waals surface area contributed by atoms with Gasteiger partial charge < -0.3 is 24.1 Å². The lowest BCUT2D eigenvalue weighted by atomic mass is 9.88. The quantitative estimate of drug-likeness (QED) is 0.717. The topological polar surface area (TPSA) is 112 Å². The van der Waals surface area contributed by atoms with Crippen molar-refractivity contribution in [2.45, 2.75) is 36.9 Å². The highest BCUT2D eigenvalue weighted by Crippen LogP contribution is 2.52. The SMILES string of the molecule is COC1O[C@@H]2[C@](CO)(CF)O[C@@H](n3ccc(=O)[nH]c3=O)[C@]2(C)O1. The summed E-state index contributed by atoms with van der Waals surface area (Å²) in [4.78, 5) is 25.3. The molecule has 3 rings (SSSR count). The maximum absolute atomic E-state index is 13.6. The molecule has 2 N–H and O–H groups in total. The number of aromatic nitrogens is 2. The number of ether oxygens (including phenoxy) is 4. The van der Waals surface area contributed by atoms with Crippen LogP contribution in [0.4, 0.5) is 4.39 Å². The highest BCUT2D eigenvalue weighted by molar-refractivity contribution is 5.12. The van der Waals surface area contributed by atoms with E-state index >= 15 is 0 Å². The molecule has 0 aromatic carbocycles. The van der Waals surface area contributed by atoms with Gasteiger partial charge in [0.15, 0.2) is 11.8 Å². The predicted octanol–water partition coefficient (Wildman–Crippen LogP) is -1.13. The third-order valence-electron chi connectivity index (χ3n) is 4.22.